The summed E-state index contributed by atoms with van der Waals surface area (Å²) in [6.07, 6.45) is 16.1. The van der Waals surface area contributed by atoms with E-state index in [4.69, 9.17) is 0 Å². The first-order chi connectivity index (χ1) is 12.8. The number of halogens is 1. The van der Waals surface area contributed by atoms with Crippen molar-refractivity contribution >= 4 is 0 Å². The SMILES string of the molecule is CCCCCCCCCCCC[N+]12CCN3CCN4CCN(CC1)C2C43.[I-]. The Kier molecular flexibility index (Phi) is 8.70. The normalized spacial score (nSPS) is 33.2. The predicted molar refractivity (Wildman–Crippen MR) is 109 cm³/mol. The number of nitrogens with zero attached hydrogens (tertiary/aromatic N) is 4. The fourth-order valence-corrected chi connectivity index (χ4v) is 6.37. The van der Waals surface area contributed by atoms with Crippen molar-refractivity contribution in [2.45, 2.75) is 83.5 Å². The molecule has 0 bridgehead atoms. The van der Waals surface area contributed by atoms with Crippen LogP contribution in [0.5, 0.6) is 0 Å². The van der Waals surface area contributed by atoms with Gasteiger partial charge in [0.25, 0.3) is 0 Å². The lowest BCUT2D eigenvalue weighted by atomic mass is 10.0. The van der Waals surface area contributed by atoms with Crippen molar-refractivity contribution in [1.29, 1.82) is 0 Å². The molecule has 4 nitrogen and oxygen atoms in total. The molecule has 0 N–H and O–H groups in total. The highest BCUT2D eigenvalue weighted by Crippen LogP contribution is 2.39. The fourth-order valence-electron chi connectivity index (χ4n) is 6.37. The third-order valence-electron chi connectivity index (χ3n) is 7.92. The van der Waals surface area contributed by atoms with Gasteiger partial charge in [-0.1, -0.05) is 58.3 Å². The van der Waals surface area contributed by atoms with E-state index in [2.05, 4.69) is 21.6 Å². The van der Waals surface area contributed by atoms with Gasteiger partial charge >= 0.3 is 0 Å². The Bertz CT molecular complexity index is 442. The molecule has 0 spiro atoms. The number of rotatable bonds is 11. The Balaban J connectivity index is 0.00000210. The van der Waals surface area contributed by atoms with Crippen LogP contribution in [-0.4, -0.2) is 90.4 Å². The molecule has 3 atom stereocenters. The first-order valence-corrected chi connectivity index (χ1v) is 11.9. The lowest BCUT2D eigenvalue weighted by Crippen LogP contribution is -3.00. The highest BCUT2D eigenvalue weighted by molar-refractivity contribution is 4.97. The molecule has 27 heavy (non-hydrogen) atoms. The molecule has 0 radical (unpaired) electrons. The first kappa shape index (κ1) is 22.3. The summed E-state index contributed by atoms with van der Waals surface area (Å²) in [5, 5.41) is 0. The molecule has 0 amide bonds. The zero-order valence-electron chi connectivity index (χ0n) is 17.8. The fraction of sp³-hybridized carbons (Fsp3) is 1.00. The topological polar surface area (TPSA) is 9.72 Å². The van der Waals surface area contributed by atoms with Gasteiger partial charge in [0.15, 0.2) is 6.17 Å². The average molecular weight is 491 g/mol. The van der Waals surface area contributed by atoms with Crippen LogP contribution >= 0.6 is 0 Å². The van der Waals surface area contributed by atoms with E-state index in [1.807, 2.05) is 0 Å². The van der Waals surface area contributed by atoms with Gasteiger partial charge in [0.2, 0.25) is 0 Å². The smallest absolute Gasteiger partial charge is 0.175 e. The molecule has 0 aromatic rings. The number of quaternary nitrogens is 1. The van der Waals surface area contributed by atoms with Crippen molar-refractivity contribution in [1.82, 2.24) is 14.7 Å². The van der Waals surface area contributed by atoms with E-state index in [0.29, 0.717) is 0 Å². The minimum Gasteiger partial charge on any atom is -1.00 e. The first-order valence-electron chi connectivity index (χ1n) is 11.9. The van der Waals surface area contributed by atoms with Crippen LogP contribution in [0.25, 0.3) is 0 Å². The lowest BCUT2D eigenvalue weighted by Gasteiger charge is -2.54. The molecule has 4 aliphatic heterocycles. The zero-order valence-corrected chi connectivity index (χ0v) is 19.9. The largest absolute Gasteiger partial charge is 1.00 e. The van der Waals surface area contributed by atoms with Crippen LogP contribution in [0, 0.1) is 0 Å². The summed E-state index contributed by atoms with van der Waals surface area (Å²) in [6, 6.07) is 0. The van der Waals surface area contributed by atoms with Gasteiger partial charge in [-0.05, 0) is 12.8 Å². The van der Waals surface area contributed by atoms with Crippen molar-refractivity contribution < 1.29 is 28.5 Å². The van der Waals surface area contributed by atoms with E-state index in [1.165, 1.54) is 128 Å². The minimum atomic E-state index is 0. The van der Waals surface area contributed by atoms with Gasteiger partial charge in [0.05, 0.1) is 26.2 Å². The van der Waals surface area contributed by atoms with E-state index in [0.717, 1.165) is 12.3 Å². The highest BCUT2D eigenvalue weighted by Gasteiger charge is 2.59. The Morgan fingerprint density at radius 1 is 0.630 bits per heavy atom. The van der Waals surface area contributed by atoms with Gasteiger partial charge in [0.1, 0.15) is 6.17 Å². The van der Waals surface area contributed by atoms with Crippen LogP contribution < -0.4 is 24.0 Å². The number of hydrogen-bond donors (Lipinski definition) is 0. The minimum absolute atomic E-state index is 0. The predicted octanol–water partition coefficient (Wildman–Crippen LogP) is 0.341. The molecule has 4 heterocycles. The second-order valence-corrected chi connectivity index (χ2v) is 9.51. The third-order valence-corrected chi connectivity index (χ3v) is 7.92. The molecule has 4 saturated heterocycles. The summed E-state index contributed by atoms with van der Waals surface area (Å²) in [5.74, 6) is 0. The maximum Gasteiger partial charge on any atom is 0.175 e. The third kappa shape index (κ3) is 4.84. The van der Waals surface area contributed by atoms with Gasteiger partial charge < -0.3 is 28.5 Å². The molecule has 0 aliphatic carbocycles. The zero-order chi connectivity index (χ0) is 17.8. The van der Waals surface area contributed by atoms with Crippen LogP contribution in [0.15, 0.2) is 0 Å². The molecule has 3 unspecified atom stereocenters. The van der Waals surface area contributed by atoms with Crippen LogP contribution in [0.4, 0.5) is 0 Å². The Morgan fingerprint density at radius 2 is 1.11 bits per heavy atom. The molecule has 158 valence electrons. The molecule has 5 heteroatoms. The van der Waals surface area contributed by atoms with Crippen molar-refractivity contribution in [3.63, 3.8) is 0 Å². The Morgan fingerprint density at radius 3 is 1.74 bits per heavy atom. The van der Waals surface area contributed by atoms with Gasteiger partial charge in [0, 0.05) is 32.7 Å². The molecular formula is C22H43IN4. The standard InChI is InChI=1S/C22H43N4.HI/c1-2-3-4-5-6-7-8-9-10-11-18-26-19-16-24-13-12-23-14-15-25(17-20-26)22(26)21(23)24;/h21-22H,2-20H2,1H3;1H/q+1;/p-1. The number of hydrogen-bond acceptors (Lipinski definition) is 3. The van der Waals surface area contributed by atoms with E-state index >= 15 is 0 Å². The maximum absolute atomic E-state index is 2.86. The molecule has 4 fully saturated rings. The average Bonchev–Trinajstić information content (AvgIpc) is 3.24. The number of piperazine rings is 2. The van der Waals surface area contributed by atoms with Crippen molar-refractivity contribution in [2.75, 3.05) is 58.9 Å². The highest BCUT2D eigenvalue weighted by atomic mass is 127. The van der Waals surface area contributed by atoms with Gasteiger partial charge in [-0.2, -0.15) is 0 Å². The quantitative estimate of drug-likeness (QED) is 0.235. The van der Waals surface area contributed by atoms with Crippen LogP contribution in [0.3, 0.4) is 0 Å². The van der Waals surface area contributed by atoms with Crippen LogP contribution in [-0.2, 0) is 0 Å². The molecule has 0 aromatic heterocycles. The second kappa shape index (κ2) is 10.6. The van der Waals surface area contributed by atoms with Crippen molar-refractivity contribution in [3.05, 3.63) is 0 Å². The van der Waals surface area contributed by atoms with Crippen molar-refractivity contribution in [2.24, 2.45) is 0 Å². The summed E-state index contributed by atoms with van der Waals surface area (Å²) in [6.45, 7) is 14.6. The maximum atomic E-state index is 2.86. The van der Waals surface area contributed by atoms with Crippen LogP contribution in [0.2, 0.25) is 0 Å². The van der Waals surface area contributed by atoms with E-state index in [1.54, 1.807) is 0 Å². The van der Waals surface area contributed by atoms with E-state index < -0.39 is 0 Å². The van der Waals surface area contributed by atoms with Gasteiger partial charge in [-0.25, -0.2) is 4.90 Å². The monoisotopic (exact) mass is 490 g/mol. The lowest BCUT2D eigenvalue weighted by molar-refractivity contribution is -0.954. The van der Waals surface area contributed by atoms with E-state index in [9.17, 15) is 0 Å². The molecular weight excluding hydrogens is 447 g/mol. The van der Waals surface area contributed by atoms with Gasteiger partial charge in [-0.15, -0.1) is 0 Å². The van der Waals surface area contributed by atoms with Crippen LogP contribution in [0.1, 0.15) is 71.1 Å². The molecule has 0 saturated carbocycles. The Hall–Kier alpha value is 0.570. The van der Waals surface area contributed by atoms with Gasteiger partial charge in [-0.3, -0.25) is 9.80 Å². The van der Waals surface area contributed by atoms with Crippen molar-refractivity contribution in [3.8, 4) is 0 Å². The van der Waals surface area contributed by atoms with E-state index in [-0.39, 0.29) is 24.0 Å². The summed E-state index contributed by atoms with van der Waals surface area (Å²) < 4.78 is 1.44. The Labute approximate surface area is 185 Å². The summed E-state index contributed by atoms with van der Waals surface area (Å²) in [4.78, 5) is 8.46. The summed E-state index contributed by atoms with van der Waals surface area (Å²) in [7, 11) is 0. The summed E-state index contributed by atoms with van der Waals surface area (Å²) >= 11 is 0. The number of unbranched alkanes of at least 4 members (excludes halogenated alkanes) is 9. The second-order valence-electron chi connectivity index (χ2n) is 9.51. The molecule has 4 aliphatic rings. The molecule has 4 rings (SSSR count). The summed E-state index contributed by atoms with van der Waals surface area (Å²) in [5.41, 5.74) is 0. The molecule has 0 aromatic carbocycles.